The molecule has 0 atom stereocenters. The zero-order chi connectivity index (χ0) is 12.8. The summed E-state index contributed by atoms with van der Waals surface area (Å²) in [6, 6.07) is 0. The molecule has 1 heterocycles. The first-order chi connectivity index (χ1) is 7.99. The normalized spacial score (nSPS) is 10.2. The van der Waals surface area contributed by atoms with Crippen LogP contribution in [0.3, 0.4) is 0 Å². The molecule has 5 nitrogen and oxygen atoms in total. The minimum Gasteiger partial charge on any atom is -0.481 e. The van der Waals surface area contributed by atoms with Crippen LogP contribution in [-0.2, 0) is 16.1 Å². The second kappa shape index (κ2) is 6.61. The molecule has 0 aromatic carbocycles. The number of rotatable bonds is 6. The van der Waals surface area contributed by atoms with Crippen molar-refractivity contribution >= 4 is 35.0 Å². The number of carbonyl (C=O) groups excluding carboxylic acids is 1. The number of thiazole rings is 1. The van der Waals surface area contributed by atoms with Gasteiger partial charge in [0.2, 0.25) is 5.91 Å². The van der Waals surface area contributed by atoms with E-state index in [4.69, 9.17) is 5.11 Å². The second-order valence-corrected chi connectivity index (χ2v) is 5.68. The Bertz CT molecular complexity index is 418. The molecule has 17 heavy (non-hydrogen) atoms. The number of aliphatic carboxylic acids is 1. The Hall–Kier alpha value is -1.08. The molecule has 0 saturated carbocycles. The molecule has 0 aliphatic heterocycles. The van der Waals surface area contributed by atoms with Gasteiger partial charge in [0.1, 0.15) is 0 Å². The summed E-state index contributed by atoms with van der Waals surface area (Å²) >= 11 is 2.65. The van der Waals surface area contributed by atoms with E-state index < -0.39 is 5.97 Å². The number of amides is 1. The van der Waals surface area contributed by atoms with Gasteiger partial charge in [-0.05, 0) is 13.8 Å². The summed E-state index contributed by atoms with van der Waals surface area (Å²) in [6.45, 7) is 4.29. The maximum Gasteiger partial charge on any atom is 0.313 e. The monoisotopic (exact) mass is 274 g/mol. The Kier molecular flexibility index (Phi) is 5.43. The fourth-order valence-corrected chi connectivity index (χ4v) is 2.64. The molecule has 1 amide bonds. The summed E-state index contributed by atoms with van der Waals surface area (Å²) in [5, 5.41) is 12.1. The molecule has 1 aromatic heterocycles. The minimum absolute atomic E-state index is 0.0495. The predicted octanol–water partition coefficient (Wildman–Crippen LogP) is 1.19. The van der Waals surface area contributed by atoms with Crippen molar-refractivity contribution in [3.8, 4) is 0 Å². The number of aromatic nitrogens is 1. The Labute approximate surface area is 108 Å². The number of aryl methyl sites for hydroxylation is 2. The average Bonchev–Trinajstić information content (AvgIpc) is 2.54. The molecule has 2 N–H and O–H groups in total. The van der Waals surface area contributed by atoms with E-state index in [1.807, 2.05) is 13.8 Å². The van der Waals surface area contributed by atoms with Gasteiger partial charge in [-0.25, -0.2) is 4.98 Å². The van der Waals surface area contributed by atoms with E-state index in [1.165, 1.54) is 0 Å². The molecule has 0 radical (unpaired) electrons. The van der Waals surface area contributed by atoms with Crippen LogP contribution in [0.1, 0.15) is 15.6 Å². The lowest BCUT2D eigenvalue weighted by Crippen LogP contribution is -2.25. The fourth-order valence-electron chi connectivity index (χ4n) is 1.20. The van der Waals surface area contributed by atoms with Crippen molar-refractivity contribution in [1.82, 2.24) is 10.3 Å². The second-order valence-electron chi connectivity index (χ2n) is 3.40. The van der Waals surface area contributed by atoms with Crippen molar-refractivity contribution < 1.29 is 14.7 Å². The molecule has 0 saturated heterocycles. The van der Waals surface area contributed by atoms with Crippen molar-refractivity contribution in [1.29, 1.82) is 0 Å². The van der Waals surface area contributed by atoms with Gasteiger partial charge in [-0.2, -0.15) is 0 Å². The molecule has 0 aliphatic carbocycles. The molecule has 1 aromatic rings. The summed E-state index contributed by atoms with van der Waals surface area (Å²) in [5.41, 5.74) is 0.936. The Morgan fingerprint density at radius 2 is 2.12 bits per heavy atom. The maximum atomic E-state index is 11.4. The highest BCUT2D eigenvalue weighted by Crippen LogP contribution is 2.16. The van der Waals surface area contributed by atoms with Gasteiger partial charge >= 0.3 is 5.97 Å². The molecular formula is C10H14N2O3S2. The topological polar surface area (TPSA) is 79.3 Å². The van der Waals surface area contributed by atoms with Crippen LogP contribution >= 0.6 is 23.1 Å². The number of carbonyl (C=O) groups is 2. The molecular weight excluding hydrogens is 260 g/mol. The van der Waals surface area contributed by atoms with Gasteiger partial charge in [0.25, 0.3) is 0 Å². The van der Waals surface area contributed by atoms with Gasteiger partial charge in [-0.15, -0.1) is 23.1 Å². The molecule has 7 heteroatoms. The van der Waals surface area contributed by atoms with Gasteiger partial charge in [0.15, 0.2) is 0 Å². The minimum atomic E-state index is -0.906. The van der Waals surface area contributed by atoms with Crippen LogP contribution in [0.5, 0.6) is 0 Å². The van der Waals surface area contributed by atoms with Crippen molar-refractivity contribution in [2.45, 2.75) is 20.4 Å². The summed E-state index contributed by atoms with van der Waals surface area (Å²) in [7, 11) is 0. The first-order valence-corrected chi connectivity index (χ1v) is 6.95. The lowest BCUT2D eigenvalue weighted by Gasteiger charge is -2.03. The van der Waals surface area contributed by atoms with Crippen LogP contribution in [0.15, 0.2) is 0 Å². The maximum absolute atomic E-state index is 11.4. The summed E-state index contributed by atoms with van der Waals surface area (Å²) in [4.78, 5) is 26.9. The van der Waals surface area contributed by atoms with Gasteiger partial charge in [0, 0.05) is 4.88 Å². The number of nitrogens with one attached hydrogen (secondary N) is 1. The van der Waals surface area contributed by atoms with Crippen LogP contribution in [0.25, 0.3) is 0 Å². The first kappa shape index (κ1) is 14.0. The van der Waals surface area contributed by atoms with Gasteiger partial charge in [0.05, 0.1) is 28.8 Å². The third-order valence-corrected chi connectivity index (χ3v) is 3.89. The molecule has 0 bridgehead atoms. The smallest absolute Gasteiger partial charge is 0.313 e. The summed E-state index contributed by atoms with van der Waals surface area (Å²) in [5.74, 6) is -0.937. The average molecular weight is 274 g/mol. The summed E-state index contributed by atoms with van der Waals surface area (Å²) < 4.78 is 0. The van der Waals surface area contributed by atoms with E-state index in [1.54, 1.807) is 11.3 Å². The van der Waals surface area contributed by atoms with Crippen molar-refractivity contribution in [2.75, 3.05) is 11.5 Å². The highest BCUT2D eigenvalue weighted by atomic mass is 32.2. The first-order valence-electron chi connectivity index (χ1n) is 4.98. The SMILES string of the molecule is Cc1nc(C)c(CNC(=O)CSCC(=O)O)s1. The van der Waals surface area contributed by atoms with Gasteiger partial charge in [-0.3, -0.25) is 9.59 Å². The zero-order valence-corrected chi connectivity index (χ0v) is 11.3. The predicted molar refractivity (Wildman–Crippen MR) is 68.4 cm³/mol. The quantitative estimate of drug-likeness (QED) is 0.814. The zero-order valence-electron chi connectivity index (χ0n) is 9.65. The van der Waals surface area contributed by atoms with Crippen molar-refractivity contribution in [3.63, 3.8) is 0 Å². The van der Waals surface area contributed by atoms with Crippen LogP contribution in [0.2, 0.25) is 0 Å². The number of nitrogens with zero attached hydrogens (tertiary/aromatic N) is 1. The van der Waals surface area contributed by atoms with Crippen LogP contribution in [0, 0.1) is 13.8 Å². The number of carboxylic acid groups (broad SMARTS) is 1. The molecule has 94 valence electrons. The number of carboxylic acids is 1. The van der Waals surface area contributed by atoms with Gasteiger partial charge < -0.3 is 10.4 Å². The number of thioether (sulfide) groups is 1. The summed E-state index contributed by atoms with van der Waals surface area (Å²) in [6.07, 6.45) is 0. The van der Waals surface area contributed by atoms with E-state index in [9.17, 15) is 9.59 Å². The highest BCUT2D eigenvalue weighted by Gasteiger charge is 2.07. The molecule has 0 spiro atoms. The van der Waals surface area contributed by atoms with E-state index in [0.29, 0.717) is 6.54 Å². The van der Waals surface area contributed by atoms with E-state index >= 15 is 0 Å². The van der Waals surface area contributed by atoms with Crippen molar-refractivity contribution in [3.05, 3.63) is 15.6 Å². The molecule has 0 aliphatic rings. The Morgan fingerprint density at radius 3 is 2.65 bits per heavy atom. The van der Waals surface area contributed by atoms with E-state index in [2.05, 4.69) is 10.3 Å². The van der Waals surface area contributed by atoms with Crippen LogP contribution in [0.4, 0.5) is 0 Å². The largest absolute Gasteiger partial charge is 0.481 e. The third-order valence-electron chi connectivity index (χ3n) is 1.90. The number of hydrogen-bond donors (Lipinski definition) is 2. The van der Waals surface area contributed by atoms with Crippen molar-refractivity contribution in [2.24, 2.45) is 0 Å². The van der Waals surface area contributed by atoms with E-state index in [-0.39, 0.29) is 17.4 Å². The van der Waals surface area contributed by atoms with E-state index in [0.717, 1.165) is 27.3 Å². The molecule has 0 unspecified atom stereocenters. The highest BCUT2D eigenvalue weighted by molar-refractivity contribution is 8.00. The fraction of sp³-hybridized carbons (Fsp3) is 0.500. The lowest BCUT2D eigenvalue weighted by molar-refractivity contribution is -0.133. The Balaban J connectivity index is 2.28. The third kappa shape index (κ3) is 5.18. The Morgan fingerprint density at radius 1 is 1.41 bits per heavy atom. The van der Waals surface area contributed by atoms with Gasteiger partial charge in [-0.1, -0.05) is 0 Å². The van der Waals surface area contributed by atoms with Crippen LogP contribution in [-0.4, -0.2) is 33.5 Å². The number of hydrogen-bond acceptors (Lipinski definition) is 5. The van der Waals surface area contributed by atoms with Crippen LogP contribution < -0.4 is 5.32 Å². The standard InChI is InChI=1S/C10H14N2O3S2/c1-6-8(17-7(2)12-6)3-11-9(13)4-16-5-10(14)15/h3-5H2,1-2H3,(H,11,13)(H,14,15). The lowest BCUT2D eigenvalue weighted by atomic mass is 10.4. The molecule has 0 fully saturated rings. The molecule has 1 rings (SSSR count).